The topological polar surface area (TPSA) is 55.1 Å². The standard InChI is InChI=1S/C21H18N2O2/c1-14-7-8-16-12-17-13-19(25-21(17)23-18(16)11-14)20(24)22-10-9-15-5-3-2-4-6-15/h2-8,11-13H,9-10H2,1H3,(H,22,24). The Balaban J connectivity index is 1.52. The summed E-state index contributed by atoms with van der Waals surface area (Å²) in [5.74, 6) is 0.0803. The Morgan fingerprint density at radius 1 is 1.04 bits per heavy atom. The van der Waals surface area contributed by atoms with E-state index in [1.54, 1.807) is 6.07 Å². The van der Waals surface area contributed by atoms with Crippen LogP contribution >= 0.6 is 0 Å². The van der Waals surface area contributed by atoms with Crippen LogP contribution in [-0.2, 0) is 6.42 Å². The van der Waals surface area contributed by atoms with E-state index in [4.69, 9.17) is 4.42 Å². The van der Waals surface area contributed by atoms with Crippen LogP contribution in [0.3, 0.4) is 0 Å². The molecule has 0 fully saturated rings. The molecular weight excluding hydrogens is 312 g/mol. The lowest BCUT2D eigenvalue weighted by atomic mass is 10.1. The van der Waals surface area contributed by atoms with E-state index in [2.05, 4.69) is 10.3 Å². The molecule has 0 aliphatic carbocycles. The molecule has 0 unspecified atom stereocenters. The molecule has 2 aromatic carbocycles. The lowest BCUT2D eigenvalue weighted by Crippen LogP contribution is -2.25. The van der Waals surface area contributed by atoms with E-state index in [-0.39, 0.29) is 5.91 Å². The Labute approximate surface area is 145 Å². The van der Waals surface area contributed by atoms with Crippen molar-refractivity contribution in [1.29, 1.82) is 0 Å². The van der Waals surface area contributed by atoms with E-state index in [0.29, 0.717) is 18.0 Å². The molecule has 1 N–H and O–H groups in total. The summed E-state index contributed by atoms with van der Waals surface area (Å²) in [6.07, 6.45) is 0.786. The third kappa shape index (κ3) is 3.24. The van der Waals surface area contributed by atoms with E-state index in [1.807, 2.05) is 61.5 Å². The highest BCUT2D eigenvalue weighted by molar-refractivity contribution is 5.98. The highest BCUT2D eigenvalue weighted by Crippen LogP contribution is 2.23. The van der Waals surface area contributed by atoms with Gasteiger partial charge in [-0.15, -0.1) is 0 Å². The zero-order valence-corrected chi connectivity index (χ0v) is 14.0. The first kappa shape index (κ1) is 15.4. The lowest BCUT2D eigenvalue weighted by molar-refractivity contribution is 0.0928. The summed E-state index contributed by atoms with van der Waals surface area (Å²) in [4.78, 5) is 16.8. The zero-order valence-electron chi connectivity index (χ0n) is 14.0. The third-order valence-electron chi connectivity index (χ3n) is 4.22. The van der Waals surface area contributed by atoms with Crippen LogP contribution in [0.15, 0.2) is 65.1 Å². The minimum atomic E-state index is -0.214. The van der Waals surface area contributed by atoms with Gasteiger partial charge < -0.3 is 9.73 Å². The van der Waals surface area contributed by atoms with Crippen molar-refractivity contribution in [2.24, 2.45) is 0 Å². The number of rotatable bonds is 4. The minimum absolute atomic E-state index is 0.214. The quantitative estimate of drug-likeness (QED) is 0.608. The normalized spacial score (nSPS) is 11.1. The molecule has 1 amide bonds. The molecule has 2 heterocycles. The first-order valence-electron chi connectivity index (χ1n) is 8.32. The van der Waals surface area contributed by atoms with Crippen molar-refractivity contribution in [2.45, 2.75) is 13.3 Å². The van der Waals surface area contributed by atoms with Crippen molar-refractivity contribution in [1.82, 2.24) is 10.3 Å². The molecule has 0 aliphatic rings. The van der Waals surface area contributed by atoms with E-state index < -0.39 is 0 Å². The molecule has 4 nitrogen and oxygen atoms in total. The molecule has 4 rings (SSSR count). The summed E-state index contributed by atoms with van der Waals surface area (Å²) >= 11 is 0. The van der Waals surface area contributed by atoms with E-state index >= 15 is 0 Å². The van der Waals surface area contributed by atoms with E-state index in [0.717, 1.165) is 28.3 Å². The van der Waals surface area contributed by atoms with Crippen LogP contribution < -0.4 is 5.32 Å². The van der Waals surface area contributed by atoms with Crippen molar-refractivity contribution in [3.63, 3.8) is 0 Å². The number of amides is 1. The van der Waals surface area contributed by atoms with Crippen LogP contribution in [-0.4, -0.2) is 17.4 Å². The van der Waals surface area contributed by atoms with Crippen LogP contribution in [0.5, 0.6) is 0 Å². The molecule has 0 saturated carbocycles. The second-order valence-electron chi connectivity index (χ2n) is 6.18. The fourth-order valence-electron chi connectivity index (χ4n) is 2.90. The average molecular weight is 330 g/mol. The van der Waals surface area contributed by atoms with Crippen LogP contribution in [0.4, 0.5) is 0 Å². The van der Waals surface area contributed by atoms with Gasteiger partial charge in [-0.1, -0.05) is 42.5 Å². The van der Waals surface area contributed by atoms with Crippen molar-refractivity contribution >= 4 is 27.9 Å². The van der Waals surface area contributed by atoms with Gasteiger partial charge in [-0.2, -0.15) is 0 Å². The van der Waals surface area contributed by atoms with Crippen LogP contribution in [0.1, 0.15) is 21.7 Å². The zero-order chi connectivity index (χ0) is 17.2. The van der Waals surface area contributed by atoms with Crippen molar-refractivity contribution in [2.75, 3.05) is 6.54 Å². The van der Waals surface area contributed by atoms with Gasteiger partial charge in [0.1, 0.15) is 0 Å². The maximum absolute atomic E-state index is 12.3. The molecular formula is C21H18N2O2. The summed E-state index contributed by atoms with van der Waals surface area (Å²) < 4.78 is 5.66. The number of pyridine rings is 1. The molecule has 0 bridgehead atoms. The molecule has 2 aromatic heterocycles. The highest BCUT2D eigenvalue weighted by Gasteiger charge is 2.13. The Morgan fingerprint density at radius 3 is 2.72 bits per heavy atom. The molecule has 0 radical (unpaired) electrons. The Hall–Kier alpha value is -3.14. The van der Waals surface area contributed by atoms with Gasteiger partial charge in [0.05, 0.1) is 5.52 Å². The molecule has 4 aromatic rings. The molecule has 0 atom stereocenters. The van der Waals surface area contributed by atoms with Gasteiger partial charge in [0.2, 0.25) is 5.71 Å². The number of carbonyl (C=O) groups excluding carboxylic acids is 1. The number of hydrogen-bond acceptors (Lipinski definition) is 3. The lowest BCUT2D eigenvalue weighted by Gasteiger charge is -2.03. The number of furan rings is 1. The van der Waals surface area contributed by atoms with Crippen LogP contribution in [0.2, 0.25) is 0 Å². The minimum Gasteiger partial charge on any atom is -0.433 e. The van der Waals surface area contributed by atoms with Crippen LogP contribution in [0.25, 0.3) is 22.0 Å². The fraction of sp³-hybridized carbons (Fsp3) is 0.143. The number of benzene rings is 2. The van der Waals surface area contributed by atoms with Gasteiger partial charge >= 0.3 is 0 Å². The van der Waals surface area contributed by atoms with E-state index in [1.165, 1.54) is 5.56 Å². The van der Waals surface area contributed by atoms with Gasteiger partial charge in [-0.3, -0.25) is 4.79 Å². The number of carbonyl (C=O) groups is 1. The highest BCUT2D eigenvalue weighted by atomic mass is 16.4. The summed E-state index contributed by atoms with van der Waals surface area (Å²) in [6.45, 7) is 2.59. The second kappa shape index (κ2) is 6.40. The fourth-order valence-corrected chi connectivity index (χ4v) is 2.90. The predicted octanol–water partition coefficient (Wildman–Crippen LogP) is 4.26. The second-order valence-corrected chi connectivity index (χ2v) is 6.18. The number of aryl methyl sites for hydroxylation is 1. The van der Waals surface area contributed by atoms with Gasteiger partial charge in [-0.05, 0) is 42.7 Å². The monoisotopic (exact) mass is 330 g/mol. The number of nitrogens with one attached hydrogen (secondary N) is 1. The predicted molar refractivity (Wildman–Crippen MR) is 98.7 cm³/mol. The number of hydrogen-bond donors (Lipinski definition) is 1. The number of aromatic nitrogens is 1. The maximum Gasteiger partial charge on any atom is 0.287 e. The number of nitrogens with zero attached hydrogens (tertiary/aromatic N) is 1. The molecule has 0 spiro atoms. The SMILES string of the molecule is Cc1ccc2cc3cc(C(=O)NCCc4ccccc4)oc3nc2c1. The molecule has 0 saturated heterocycles. The van der Waals surface area contributed by atoms with Crippen molar-refractivity contribution in [3.8, 4) is 0 Å². The summed E-state index contributed by atoms with van der Waals surface area (Å²) in [7, 11) is 0. The average Bonchev–Trinajstić information content (AvgIpc) is 3.03. The molecule has 4 heteroatoms. The van der Waals surface area contributed by atoms with Gasteiger partial charge in [-0.25, -0.2) is 4.98 Å². The first-order valence-corrected chi connectivity index (χ1v) is 8.32. The smallest absolute Gasteiger partial charge is 0.287 e. The number of fused-ring (bicyclic) bond motifs is 2. The largest absolute Gasteiger partial charge is 0.433 e. The Bertz CT molecular complexity index is 1050. The maximum atomic E-state index is 12.3. The van der Waals surface area contributed by atoms with Crippen molar-refractivity contribution < 1.29 is 9.21 Å². The van der Waals surface area contributed by atoms with Gasteiger partial charge in [0, 0.05) is 17.3 Å². The first-order chi connectivity index (χ1) is 12.2. The van der Waals surface area contributed by atoms with Gasteiger partial charge in [0.25, 0.3) is 5.91 Å². The molecule has 25 heavy (non-hydrogen) atoms. The Morgan fingerprint density at radius 2 is 1.88 bits per heavy atom. The van der Waals surface area contributed by atoms with Crippen molar-refractivity contribution in [3.05, 3.63) is 77.6 Å². The van der Waals surface area contributed by atoms with Crippen LogP contribution in [0, 0.1) is 6.92 Å². The van der Waals surface area contributed by atoms with E-state index in [9.17, 15) is 4.79 Å². The molecule has 124 valence electrons. The Kier molecular flexibility index (Phi) is 3.94. The summed E-state index contributed by atoms with van der Waals surface area (Å²) in [5, 5.41) is 4.77. The van der Waals surface area contributed by atoms with Gasteiger partial charge in [0.15, 0.2) is 5.76 Å². The summed E-state index contributed by atoms with van der Waals surface area (Å²) in [5.41, 5.74) is 3.70. The summed E-state index contributed by atoms with van der Waals surface area (Å²) in [6, 6.07) is 19.9. The third-order valence-corrected chi connectivity index (χ3v) is 4.22. The molecule has 0 aliphatic heterocycles.